The molecule has 1 fully saturated rings. The van der Waals surface area contributed by atoms with Crippen molar-refractivity contribution in [2.24, 2.45) is 0 Å². The zero-order valence-electron chi connectivity index (χ0n) is 12.9. The molecule has 1 aromatic carbocycles. The Labute approximate surface area is 122 Å². The third kappa shape index (κ3) is 4.04. The molecular formula is C16H27N3O. The van der Waals surface area contributed by atoms with Gasteiger partial charge in [-0.1, -0.05) is 6.92 Å². The van der Waals surface area contributed by atoms with Crippen molar-refractivity contribution in [3.05, 3.63) is 18.2 Å². The second-order valence-electron chi connectivity index (χ2n) is 5.76. The molecule has 1 aliphatic heterocycles. The molecule has 112 valence electrons. The zero-order chi connectivity index (χ0) is 14.5. The minimum atomic E-state index is 0.172. The summed E-state index contributed by atoms with van der Waals surface area (Å²) < 4.78 is 5.77. The second-order valence-corrected chi connectivity index (χ2v) is 5.76. The molecule has 2 N–H and O–H groups in total. The molecule has 0 radical (unpaired) electrons. The Morgan fingerprint density at radius 1 is 1.15 bits per heavy atom. The number of piperazine rings is 1. The highest BCUT2D eigenvalue weighted by Gasteiger charge is 2.17. The van der Waals surface area contributed by atoms with E-state index < -0.39 is 0 Å². The van der Waals surface area contributed by atoms with Crippen LogP contribution in [0.3, 0.4) is 0 Å². The number of nitrogens with two attached hydrogens (primary N) is 1. The highest BCUT2D eigenvalue weighted by molar-refractivity contribution is 5.60. The van der Waals surface area contributed by atoms with Crippen molar-refractivity contribution < 1.29 is 4.74 Å². The number of rotatable bonds is 5. The van der Waals surface area contributed by atoms with E-state index >= 15 is 0 Å². The lowest BCUT2D eigenvalue weighted by Crippen LogP contribution is -2.46. The average Bonchev–Trinajstić information content (AvgIpc) is 2.38. The van der Waals surface area contributed by atoms with Crippen LogP contribution in [0.25, 0.3) is 0 Å². The molecule has 0 amide bonds. The lowest BCUT2D eigenvalue weighted by Gasteiger charge is -2.36. The van der Waals surface area contributed by atoms with E-state index in [1.807, 2.05) is 26.0 Å². The van der Waals surface area contributed by atoms with Gasteiger partial charge in [-0.3, -0.25) is 4.90 Å². The Kier molecular flexibility index (Phi) is 5.12. The van der Waals surface area contributed by atoms with Crippen LogP contribution in [-0.2, 0) is 0 Å². The van der Waals surface area contributed by atoms with Crippen LogP contribution in [-0.4, -0.2) is 43.7 Å². The molecule has 0 aliphatic carbocycles. The number of hydrogen-bond donors (Lipinski definition) is 1. The minimum Gasteiger partial charge on any atom is -0.491 e. The lowest BCUT2D eigenvalue weighted by atomic mass is 10.2. The second kappa shape index (κ2) is 6.84. The quantitative estimate of drug-likeness (QED) is 0.840. The van der Waals surface area contributed by atoms with Crippen LogP contribution >= 0.6 is 0 Å². The maximum Gasteiger partial charge on any atom is 0.123 e. The Bertz CT molecular complexity index is 426. The molecule has 0 unspecified atom stereocenters. The molecule has 0 aromatic heterocycles. The first-order valence-corrected chi connectivity index (χ1v) is 7.63. The molecule has 1 aromatic rings. The van der Waals surface area contributed by atoms with Crippen LogP contribution in [0.15, 0.2) is 18.2 Å². The van der Waals surface area contributed by atoms with Gasteiger partial charge in [0.2, 0.25) is 0 Å². The van der Waals surface area contributed by atoms with Crippen molar-refractivity contribution in [1.29, 1.82) is 0 Å². The van der Waals surface area contributed by atoms with Crippen LogP contribution in [0.1, 0.15) is 27.2 Å². The molecule has 0 atom stereocenters. The fraction of sp³-hybridized carbons (Fsp3) is 0.625. The molecule has 0 saturated carbocycles. The van der Waals surface area contributed by atoms with Gasteiger partial charge in [-0.25, -0.2) is 0 Å². The molecule has 1 aliphatic rings. The largest absolute Gasteiger partial charge is 0.491 e. The Morgan fingerprint density at radius 2 is 1.85 bits per heavy atom. The predicted octanol–water partition coefficient (Wildman–Crippen LogP) is 2.59. The summed E-state index contributed by atoms with van der Waals surface area (Å²) in [6.45, 7) is 11.9. The normalized spacial score (nSPS) is 16.7. The van der Waals surface area contributed by atoms with E-state index in [0.717, 1.165) is 37.6 Å². The fourth-order valence-corrected chi connectivity index (χ4v) is 2.67. The lowest BCUT2D eigenvalue weighted by molar-refractivity contribution is 0.242. The van der Waals surface area contributed by atoms with Gasteiger partial charge in [0.05, 0.1) is 6.10 Å². The maximum absolute atomic E-state index is 6.00. The fourth-order valence-electron chi connectivity index (χ4n) is 2.67. The molecule has 4 heteroatoms. The van der Waals surface area contributed by atoms with E-state index in [2.05, 4.69) is 22.8 Å². The molecule has 0 bridgehead atoms. The van der Waals surface area contributed by atoms with Gasteiger partial charge in [0, 0.05) is 49.7 Å². The van der Waals surface area contributed by atoms with E-state index in [9.17, 15) is 0 Å². The summed E-state index contributed by atoms with van der Waals surface area (Å²) >= 11 is 0. The van der Waals surface area contributed by atoms with Crippen LogP contribution in [0.4, 0.5) is 11.4 Å². The van der Waals surface area contributed by atoms with Gasteiger partial charge in [-0.15, -0.1) is 0 Å². The highest BCUT2D eigenvalue weighted by atomic mass is 16.5. The first kappa shape index (κ1) is 15.0. The number of nitrogen functional groups attached to an aromatic ring is 1. The maximum atomic E-state index is 6.00. The summed E-state index contributed by atoms with van der Waals surface area (Å²) in [6, 6.07) is 6.05. The van der Waals surface area contributed by atoms with Crippen molar-refractivity contribution in [2.45, 2.75) is 33.3 Å². The topological polar surface area (TPSA) is 41.7 Å². The minimum absolute atomic E-state index is 0.172. The Balaban J connectivity index is 2.03. The summed E-state index contributed by atoms with van der Waals surface area (Å²) in [4.78, 5) is 4.92. The molecule has 4 nitrogen and oxygen atoms in total. The number of benzene rings is 1. The van der Waals surface area contributed by atoms with E-state index in [4.69, 9.17) is 10.5 Å². The van der Waals surface area contributed by atoms with E-state index in [-0.39, 0.29) is 6.10 Å². The predicted molar refractivity (Wildman–Crippen MR) is 85.6 cm³/mol. The average molecular weight is 277 g/mol. The van der Waals surface area contributed by atoms with Crippen LogP contribution < -0.4 is 15.4 Å². The number of nitrogens with zero attached hydrogens (tertiary/aromatic N) is 2. The molecule has 20 heavy (non-hydrogen) atoms. The standard InChI is InChI=1S/C16H27N3O/c1-4-5-18-6-8-19(9-7-18)15-10-14(17)11-16(12-15)20-13(2)3/h10-13H,4-9,17H2,1-3H3. The van der Waals surface area contributed by atoms with Crippen LogP contribution in [0.2, 0.25) is 0 Å². The first-order chi connectivity index (χ1) is 9.58. The third-order valence-electron chi connectivity index (χ3n) is 3.56. The van der Waals surface area contributed by atoms with Crippen molar-refractivity contribution >= 4 is 11.4 Å². The number of ether oxygens (including phenoxy) is 1. The third-order valence-corrected chi connectivity index (χ3v) is 3.56. The van der Waals surface area contributed by atoms with Gasteiger partial charge in [0.25, 0.3) is 0 Å². The monoisotopic (exact) mass is 277 g/mol. The van der Waals surface area contributed by atoms with Gasteiger partial charge in [0.15, 0.2) is 0 Å². The van der Waals surface area contributed by atoms with Gasteiger partial charge in [0.1, 0.15) is 5.75 Å². The van der Waals surface area contributed by atoms with Gasteiger partial charge in [-0.2, -0.15) is 0 Å². The van der Waals surface area contributed by atoms with Gasteiger partial charge >= 0.3 is 0 Å². The van der Waals surface area contributed by atoms with Crippen molar-refractivity contribution in [1.82, 2.24) is 4.90 Å². The Hall–Kier alpha value is -1.42. The Morgan fingerprint density at radius 3 is 2.45 bits per heavy atom. The summed E-state index contributed by atoms with van der Waals surface area (Å²) in [5, 5.41) is 0. The van der Waals surface area contributed by atoms with Gasteiger partial charge in [-0.05, 0) is 32.9 Å². The molecule has 2 rings (SSSR count). The molecule has 1 heterocycles. The summed E-state index contributed by atoms with van der Waals surface area (Å²) in [5.41, 5.74) is 7.95. The van der Waals surface area contributed by atoms with Crippen LogP contribution in [0, 0.1) is 0 Å². The number of hydrogen-bond acceptors (Lipinski definition) is 4. The molecule has 1 saturated heterocycles. The highest BCUT2D eigenvalue weighted by Crippen LogP contribution is 2.27. The van der Waals surface area contributed by atoms with Crippen molar-refractivity contribution in [3.8, 4) is 5.75 Å². The van der Waals surface area contributed by atoms with Crippen molar-refractivity contribution in [2.75, 3.05) is 43.4 Å². The summed E-state index contributed by atoms with van der Waals surface area (Å²) in [5.74, 6) is 0.867. The van der Waals surface area contributed by atoms with E-state index in [1.54, 1.807) is 0 Å². The number of anilines is 2. The zero-order valence-corrected chi connectivity index (χ0v) is 12.9. The SMILES string of the molecule is CCCN1CCN(c2cc(N)cc(OC(C)C)c2)CC1. The van der Waals surface area contributed by atoms with Crippen molar-refractivity contribution in [3.63, 3.8) is 0 Å². The smallest absolute Gasteiger partial charge is 0.123 e. The van der Waals surface area contributed by atoms with E-state index in [0.29, 0.717) is 0 Å². The van der Waals surface area contributed by atoms with Crippen LogP contribution in [0.5, 0.6) is 5.75 Å². The summed E-state index contributed by atoms with van der Waals surface area (Å²) in [7, 11) is 0. The molecule has 0 spiro atoms. The van der Waals surface area contributed by atoms with E-state index in [1.165, 1.54) is 18.7 Å². The van der Waals surface area contributed by atoms with Gasteiger partial charge < -0.3 is 15.4 Å². The first-order valence-electron chi connectivity index (χ1n) is 7.63. The summed E-state index contributed by atoms with van der Waals surface area (Å²) in [6.07, 6.45) is 1.40. The molecular weight excluding hydrogens is 250 g/mol.